The van der Waals surface area contributed by atoms with E-state index < -0.39 is 11.4 Å². The number of aliphatic carboxylic acids is 1. The SMILES string of the molecule is CC1(C(=O)NCC(=O)O)CSSC1. The zero-order valence-corrected chi connectivity index (χ0v) is 8.83. The van der Waals surface area contributed by atoms with E-state index in [1.165, 1.54) is 0 Å². The molecule has 0 radical (unpaired) electrons. The van der Waals surface area contributed by atoms with Crippen LogP contribution in [0.1, 0.15) is 6.92 Å². The molecule has 0 unspecified atom stereocenters. The minimum absolute atomic E-state index is 0.160. The second kappa shape index (κ2) is 4.23. The van der Waals surface area contributed by atoms with Crippen LogP contribution < -0.4 is 5.32 Å². The van der Waals surface area contributed by atoms with Gasteiger partial charge in [-0.25, -0.2) is 0 Å². The molecule has 1 amide bonds. The van der Waals surface area contributed by atoms with E-state index in [0.717, 1.165) is 11.5 Å². The summed E-state index contributed by atoms with van der Waals surface area (Å²) in [6.07, 6.45) is 0. The van der Waals surface area contributed by atoms with Crippen molar-refractivity contribution < 1.29 is 14.7 Å². The number of carboxylic acid groups (broad SMARTS) is 1. The third kappa shape index (κ3) is 2.80. The van der Waals surface area contributed by atoms with Gasteiger partial charge < -0.3 is 10.4 Å². The molecular weight excluding hydrogens is 210 g/mol. The van der Waals surface area contributed by atoms with Gasteiger partial charge in [0, 0.05) is 11.5 Å². The van der Waals surface area contributed by atoms with E-state index in [4.69, 9.17) is 5.11 Å². The summed E-state index contributed by atoms with van der Waals surface area (Å²) in [7, 11) is 3.30. The van der Waals surface area contributed by atoms with Gasteiger partial charge in [0.05, 0.1) is 5.41 Å². The topological polar surface area (TPSA) is 66.4 Å². The molecule has 1 aliphatic rings. The van der Waals surface area contributed by atoms with E-state index in [-0.39, 0.29) is 12.5 Å². The molecule has 1 aliphatic heterocycles. The van der Waals surface area contributed by atoms with Crippen molar-refractivity contribution in [3.8, 4) is 0 Å². The van der Waals surface area contributed by atoms with Gasteiger partial charge in [-0.1, -0.05) is 21.6 Å². The lowest BCUT2D eigenvalue weighted by molar-refractivity contribution is -0.139. The monoisotopic (exact) mass is 221 g/mol. The molecule has 0 bridgehead atoms. The number of carbonyl (C=O) groups excluding carboxylic acids is 1. The van der Waals surface area contributed by atoms with Crippen LogP contribution in [-0.4, -0.2) is 35.0 Å². The van der Waals surface area contributed by atoms with Gasteiger partial charge in [0.2, 0.25) is 5.91 Å². The molecule has 0 spiro atoms. The van der Waals surface area contributed by atoms with Gasteiger partial charge in [-0.05, 0) is 6.92 Å². The molecule has 0 aromatic carbocycles. The molecule has 4 nitrogen and oxygen atoms in total. The van der Waals surface area contributed by atoms with Gasteiger partial charge in [0.15, 0.2) is 0 Å². The molecule has 1 heterocycles. The molecule has 1 saturated heterocycles. The third-order valence-corrected chi connectivity index (χ3v) is 4.67. The lowest BCUT2D eigenvalue weighted by Gasteiger charge is -2.19. The number of hydrogen-bond donors (Lipinski definition) is 2. The number of rotatable bonds is 3. The Balaban J connectivity index is 2.42. The van der Waals surface area contributed by atoms with Crippen molar-refractivity contribution in [1.29, 1.82) is 0 Å². The summed E-state index contributed by atoms with van der Waals surface area (Å²) in [6, 6.07) is 0. The van der Waals surface area contributed by atoms with Crippen molar-refractivity contribution in [2.75, 3.05) is 18.1 Å². The predicted molar refractivity (Wildman–Crippen MR) is 53.7 cm³/mol. The lowest BCUT2D eigenvalue weighted by Crippen LogP contribution is -2.42. The average Bonchev–Trinajstić information content (AvgIpc) is 2.49. The van der Waals surface area contributed by atoms with Crippen LogP contribution in [0.4, 0.5) is 0 Å². The van der Waals surface area contributed by atoms with Crippen molar-refractivity contribution in [2.24, 2.45) is 5.41 Å². The maximum atomic E-state index is 11.5. The van der Waals surface area contributed by atoms with Crippen LogP contribution in [0, 0.1) is 5.41 Å². The van der Waals surface area contributed by atoms with Crippen LogP contribution in [-0.2, 0) is 9.59 Å². The molecule has 6 heteroatoms. The van der Waals surface area contributed by atoms with Gasteiger partial charge in [0.1, 0.15) is 6.54 Å². The van der Waals surface area contributed by atoms with Gasteiger partial charge in [0.25, 0.3) is 0 Å². The normalized spacial score (nSPS) is 19.8. The molecule has 0 atom stereocenters. The van der Waals surface area contributed by atoms with Crippen molar-refractivity contribution in [3.05, 3.63) is 0 Å². The molecule has 0 aromatic heterocycles. The van der Waals surface area contributed by atoms with Crippen LogP contribution in [0.25, 0.3) is 0 Å². The van der Waals surface area contributed by atoms with Crippen molar-refractivity contribution >= 4 is 33.5 Å². The van der Waals surface area contributed by atoms with Crippen LogP contribution in [0.15, 0.2) is 0 Å². The Bertz CT molecular complexity index is 226. The Labute approximate surface area is 84.2 Å². The Morgan fingerprint density at radius 2 is 2.00 bits per heavy atom. The maximum absolute atomic E-state index is 11.5. The molecule has 2 N–H and O–H groups in total. The number of carboxylic acids is 1. The number of carbonyl (C=O) groups is 2. The Kier molecular flexibility index (Phi) is 3.49. The zero-order valence-electron chi connectivity index (χ0n) is 7.20. The van der Waals surface area contributed by atoms with Gasteiger partial charge >= 0.3 is 5.97 Å². The molecule has 0 saturated carbocycles. The molecule has 13 heavy (non-hydrogen) atoms. The van der Waals surface area contributed by atoms with Gasteiger partial charge in [-0.15, -0.1) is 0 Å². The van der Waals surface area contributed by atoms with Crippen LogP contribution >= 0.6 is 21.6 Å². The summed E-state index contributed by atoms with van der Waals surface area (Å²) in [6.45, 7) is 1.57. The molecule has 74 valence electrons. The molecule has 0 aromatic rings. The lowest BCUT2D eigenvalue weighted by atomic mass is 9.95. The largest absolute Gasteiger partial charge is 0.480 e. The smallest absolute Gasteiger partial charge is 0.322 e. The fraction of sp³-hybridized carbons (Fsp3) is 0.714. The third-order valence-electron chi connectivity index (χ3n) is 1.79. The zero-order chi connectivity index (χ0) is 9.90. The summed E-state index contributed by atoms with van der Waals surface area (Å²) >= 11 is 0. The summed E-state index contributed by atoms with van der Waals surface area (Å²) in [5.74, 6) is 0.342. The highest BCUT2D eigenvalue weighted by Gasteiger charge is 2.37. The van der Waals surface area contributed by atoms with E-state index in [9.17, 15) is 9.59 Å². The van der Waals surface area contributed by atoms with E-state index in [1.54, 1.807) is 21.6 Å². The minimum Gasteiger partial charge on any atom is -0.480 e. The first-order valence-corrected chi connectivity index (χ1v) is 6.28. The van der Waals surface area contributed by atoms with Crippen molar-refractivity contribution in [2.45, 2.75) is 6.92 Å². The Morgan fingerprint density at radius 1 is 1.46 bits per heavy atom. The highest BCUT2D eigenvalue weighted by atomic mass is 33.1. The van der Waals surface area contributed by atoms with E-state index in [0.29, 0.717) is 0 Å². The second-order valence-electron chi connectivity index (χ2n) is 3.16. The van der Waals surface area contributed by atoms with Crippen molar-refractivity contribution in [1.82, 2.24) is 5.32 Å². The number of nitrogens with one attached hydrogen (secondary N) is 1. The van der Waals surface area contributed by atoms with Crippen molar-refractivity contribution in [3.63, 3.8) is 0 Å². The van der Waals surface area contributed by atoms with Crippen LogP contribution in [0.5, 0.6) is 0 Å². The van der Waals surface area contributed by atoms with E-state index in [2.05, 4.69) is 5.32 Å². The summed E-state index contributed by atoms with van der Waals surface area (Å²) in [4.78, 5) is 21.7. The first-order chi connectivity index (χ1) is 6.04. The fourth-order valence-corrected chi connectivity index (χ4v) is 4.23. The molecule has 1 rings (SSSR count). The summed E-state index contributed by atoms with van der Waals surface area (Å²) in [5, 5.41) is 10.8. The van der Waals surface area contributed by atoms with Gasteiger partial charge in [-0.2, -0.15) is 0 Å². The molecule has 0 aliphatic carbocycles. The standard InChI is InChI=1S/C7H11NO3S2/c1-7(3-12-13-4-7)6(11)8-2-5(9)10/h2-4H2,1H3,(H,8,11)(H,9,10). The second-order valence-corrected chi connectivity index (χ2v) is 5.62. The van der Waals surface area contributed by atoms with E-state index in [1.807, 2.05) is 6.92 Å². The number of amides is 1. The highest BCUT2D eigenvalue weighted by Crippen LogP contribution is 2.42. The quantitative estimate of drug-likeness (QED) is 0.683. The average molecular weight is 221 g/mol. The molecule has 1 fully saturated rings. The van der Waals surface area contributed by atoms with Crippen LogP contribution in [0.3, 0.4) is 0 Å². The minimum atomic E-state index is -1.00. The predicted octanol–water partition coefficient (Wildman–Crippen LogP) is 0.589. The van der Waals surface area contributed by atoms with E-state index >= 15 is 0 Å². The first-order valence-electron chi connectivity index (χ1n) is 3.79. The van der Waals surface area contributed by atoms with Gasteiger partial charge in [-0.3, -0.25) is 9.59 Å². The first kappa shape index (κ1) is 10.7. The maximum Gasteiger partial charge on any atom is 0.322 e. The summed E-state index contributed by atoms with van der Waals surface area (Å²) < 4.78 is 0. The fourth-order valence-electron chi connectivity index (χ4n) is 0.885. The van der Waals surface area contributed by atoms with Crippen LogP contribution in [0.2, 0.25) is 0 Å². The number of hydrogen-bond acceptors (Lipinski definition) is 4. The Morgan fingerprint density at radius 3 is 2.46 bits per heavy atom. The highest BCUT2D eigenvalue weighted by molar-refractivity contribution is 8.77. The Hall–Kier alpha value is -0.360. The molecular formula is C7H11NO3S2. The summed E-state index contributed by atoms with van der Waals surface area (Å²) in [5.41, 5.74) is -0.398.